The molecule has 2 aliphatic rings. The molecule has 1 saturated heterocycles. The average molecular weight is 409 g/mol. The lowest BCUT2D eigenvalue weighted by atomic mass is 9.82. The molecule has 1 heterocycles. The molecule has 2 atom stereocenters. The highest BCUT2D eigenvalue weighted by atomic mass is 127. The molecule has 0 radical (unpaired) electrons. The molecule has 2 unspecified atom stereocenters. The molecule has 0 amide bonds. The fraction of sp³-hybridized carbons (Fsp3) is 0.867. The summed E-state index contributed by atoms with van der Waals surface area (Å²) in [6, 6.07) is 0. The van der Waals surface area contributed by atoms with Crippen LogP contribution in [0.5, 0.6) is 0 Å². The summed E-state index contributed by atoms with van der Waals surface area (Å²) in [4.78, 5) is 18.1. The summed E-state index contributed by atoms with van der Waals surface area (Å²) in [6.07, 6.45) is 5.84. The molecule has 0 aromatic heterocycles. The number of hydrogen-bond donors (Lipinski definition) is 1. The van der Waals surface area contributed by atoms with Gasteiger partial charge in [0.05, 0.1) is 20.1 Å². The van der Waals surface area contributed by atoms with Crippen LogP contribution in [0.3, 0.4) is 0 Å². The first kappa shape index (κ1) is 18.5. The van der Waals surface area contributed by atoms with E-state index in [1.807, 2.05) is 0 Å². The molecule has 1 aliphatic heterocycles. The summed E-state index contributed by atoms with van der Waals surface area (Å²) < 4.78 is 4.65. The molecule has 2 rings (SSSR count). The smallest absolute Gasteiger partial charge is 0.307 e. The van der Waals surface area contributed by atoms with E-state index in [-0.39, 0.29) is 29.9 Å². The normalized spacial score (nSPS) is 25.0. The van der Waals surface area contributed by atoms with Crippen molar-refractivity contribution < 1.29 is 9.53 Å². The molecular formula is C15H28IN3O2. The molecule has 0 spiro atoms. The molecule has 21 heavy (non-hydrogen) atoms. The predicted octanol–water partition coefficient (Wildman–Crippen LogP) is 2.26. The first-order valence-electron chi connectivity index (χ1n) is 7.84. The molecule has 2 fully saturated rings. The molecule has 0 aromatic carbocycles. The van der Waals surface area contributed by atoms with Crippen LogP contribution in [0.2, 0.25) is 0 Å². The number of rotatable bonds is 4. The number of ether oxygens (including phenoxy) is 1. The van der Waals surface area contributed by atoms with E-state index >= 15 is 0 Å². The molecule has 1 aliphatic carbocycles. The van der Waals surface area contributed by atoms with Crippen molar-refractivity contribution in [3.05, 3.63) is 0 Å². The number of guanidine groups is 1. The Morgan fingerprint density at radius 2 is 1.90 bits per heavy atom. The van der Waals surface area contributed by atoms with Gasteiger partial charge in [-0.15, -0.1) is 24.0 Å². The van der Waals surface area contributed by atoms with Gasteiger partial charge in [0.25, 0.3) is 0 Å². The third-order valence-corrected chi connectivity index (χ3v) is 4.42. The number of fused-ring (bicyclic) bond motifs is 1. The van der Waals surface area contributed by atoms with Crippen molar-refractivity contribution in [3.8, 4) is 0 Å². The van der Waals surface area contributed by atoms with Gasteiger partial charge in [-0.3, -0.25) is 9.79 Å². The summed E-state index contributed by atoms with van der Waals surface area (Å²) in [5, 5.41) is 3.35. The maximum absolute atomic E-state index is 11.2. The first-order valence-corrected chi connectivity index (χ1v) is 7.84. The Morgan fingerprint density at radius 3 is 2.43 bits per heavy atom. The highest BCUT2D eigenvalue weighted by Crippen LogP contribution is 2.35. The summed E-state index contributed by atoms with van der Waals surface area (Å²) in [5.74, 6) is 2.45. The topological polar surface area (TPSA) is 53.9 Å². The Bertz CT molecular complexity index is 349. The van der Waals surface area contributed by atoms with E-state index in [0.717, 1.165) is 37.4 Å². The van der Waals surface area contributed by atoms with Gasteiger partial charge in [0, 0.05) is 19.6 Å². The summed E-state index contributed by atoms with van der Waals surface area (Å²) in [5.41, 5.74) is 0. The van der Waals surface area contributed by atoms with Gasteiger partial charge in [-0.2, -0.15) is 0 Å². The van der Waals surface area contributed by atoms with E-state index in [1.54, 1.807) is 0 Å². The van der Waals surface area contributed by atoms with Crippen molar-refractivity contribution in [2.75, 3.05) is 33.3 Å². The first-order chi connectivity index (χ1) is 9.74. The van der Waals surface area contributed by atoms with Crippen LogP contribution in [0.25, 0.3) is 0 Å². The van der Waals surface area contributed by atoms with Crippen LogP contribution in [0.15, 0.2) is 4.99 Å². The van der Waals surface area contributed by atoms with Crippen LogP contribution in [0.4, 0.5) is 0 Å². The van der Waals surface area contributed by atoms with Crippen molar-refractivity contribution >= 4 is 35.9 Å². The van der Waals surface area contributed by atoms with E-state index in [9.17, 15) is 4.79 Å². The van der Waals surface area contributed by atoms with Crippen LogP contribution in [-0.4, -0.2) is 50.1 Å². The zero-order chi connectivity index (χ0) is 14.4. The molecule has 0 aromatic rings. The minimum absolute atomic E-state index is 0. The van der Waals surface area contributed by atoms with E-state index < -0.39 is 0 Å². The summed E-state index contributed by atoms with van der Waals surface area (Å²) >= 11 is 0. The maximum atomic E-state index is 11.2. The van der Waals surface area contributed by atoms with Gasteiger partial charge in [0.1, 0.15) is 0 Å². The molecular weight excluding hydrogens is 381 g/mol. The molecule has 1 saturated carbocycles. The second-order valence-corrected chi connectivity index (χ2v) is 5.77. The lowest BCUT2D eigenvalue weighted by Crippen LogP contribution is -2.40. The fourth-order valence-electron chi connectivity index (χ4n) is 3.36. The number of hydrogen-bond acceptors (Lipinski definition) is 3. The Balaban J connectivity index is 0.00000220. The van der Waals surface area contributed by atoms with Crippen LogP contribution in [-0.2, 0) is 9.53 Å². The van der Waals surface area contributed by atoms with E-state index in [1.165, 1.54) is 32.8 Å². The van der Waals surface area contributed by atoms with Crippen LogP contribution >= 0.6 is 24.0 Å². The lowest BCUT2D eigenvalue weighted by Gasteiger charge is -2.22. The Labute approximate surface area is 144 Å². The Kier molecular flexibility index (Phi) is 8.36. The van der Waals surface area contributed by atoms with Crippen molar-refractivity contribution in [1.29, 1.82) is 0 Å². The molecule has 0 bridgehead atoms. The van der Waals surface area contributed by atoms with E-state index in [4.69, 9.17) is 0 Å². The number of likely N-dealkylation sites (tertiary alicyclic amines) is 1. The summed E-state index contributed by atoms with van der Waals surface area (Å²) in [6.45, 7) is 5.69. The minimum atomic E-state index is -0.195. The zero-order valence-electron chi connectivity index (χ0n) is 13.1. The monoisotopic (exact) mass is 409 g/mol. The predicted molar refractivity (Wildman–Crippen MR) is 95.0 cm³/mol. The number of nitrogens with one attached hydrogen (secondary N) is 1. The molecule has 5 nitrogen and oxygen atoms in total. The standard InChI is InChI=1S/C15H27N3O2.HI/c1-3-16-15(17-9-8-14(19)20-2)18-10-12-6-4-5-7-13(12)11-18;/h12-13H,3-11H2,1-2H3,(H,16,17);1H. The van der Waals surface area contributed by atoms with Gasteiger partial charge in [0.15, 0.2) is 5.96 Å². The Morgan fingerprint density at radius 1 is 1.29 bits per heavy atom. The second-order valence-electron chi connectivity index (χ2n) is 5.77. The van der Waals surface area contributed by atoms with Crippen LogP contribution in [0.1, 0.15) is 39.0 Å². The average Bonchev–Trinajstić information content (AvgIpc) is 2.89. The van der Waals surface area contributed by atoms with Gasteiger partial charge in [-0.25, -0.2) is 0 Å². The quantitative estimate of drug-likeness (QED) is 0.335. The zero-order valence-corrected chi connectivity index (χ0v) is 15.5. The van der Waals surface area contributed by atoms with Crippen molar-refractivity contribution in [2.24, 2.45) is 16.8 Å². The lowest BCUT2D eigenvalue weighted by molar-refractivity contribution is -0.140. The molecule has 1 N–H and O–H groups in total. The Hall–Kier alpha value is -0.530. The third kappa shape index (κ3) is 5.30. The SMILES string of the molecule is CCNC(=NCCC(=O)OC)N1CC2CCCCC2C1.I. The fourth-order valence-corrected chi connectivity index (χ4v) is 3.36. The molecule has 122 valence electrons. The second kappa shape index (κ2) is 9.48. The number of methoxy groups -OCH3 is 1. The third-order valence-electron chi connectivity index (χ3n) is 4.42. The number of carbonyl (C=O) groups is 1. The number of esters is 1. The minimum Gasteiger partial charge on any atom is -0.469 e. The molecule has 6 heteroatoms. The van der Waals surface area contributed by atoms with Crippen molar-refractivity contribution in [1.82, 2.24) is 10.2 Å². The number of carbonyl (C=O) groups excluding carboxylic acids is 1. The van der Waals surface area contributed by atoms with Crippen molar-refractivity contribution in [3.63, 3.8) is 0 Å². The highest BCUT2D eigenvalue weighted by Gasteiger charge is 2.35. The number of nitrogens with zero attached hydrogens (tertiary/aromatic N) is 2. The maximum Gasteiger partial charge on any atom is 0.307 e. The van der Waals surface area contributed by atoms with Crippen molar-refractivity contribution in [2.45, 2.75) is 39.0 Å². The van der Waals surface area contributed by atoms with Gasteiger partial charge < -0.3 is 15.0 Å². The van der Waals surface area contributed by atoms with Crippen LogP contribution < -0.4 is 5.32 Å². The van der Waals surface area contributed by atoms with E-state index in [2.05, 4.69) is 26.9 Å². The van der Waals surface area contributed by atoms with E-state index in [0.29, 0.717) is 13.0 Å². The van der Waals surface area contributed by atoms with Gasteiger partial charge in [0.2, 0.25) is 0 Å². The van der Waals surface area contributed by atoms with Gasteiger partial charge in [-0.1, -0.05) is 12.8 Å². The summed E-state index contributed by atoms with van der Waals surface area (Å²) in [7, 11) is 1.42. The van der Waals surface area contributed by atoms with Crippen LogP contribution in [0, 0.1) is 11.8 Å². The number of aliphatic imine (C=N–C) groups is 1. The van der Waals surface area contributed by atoms with Gasteiger partial charge >= 0.3 is 5.97 Å². The highest BCUT2D eigenvalue weighted by molar-refractivity contribution is 14.0. The number of halogens is 1. The largest absolute Gasteiger partial charge is 0.469 e. The van der Waals surface area contributed by atoms with Gasteiger partial charge in [-0.05, 0) is 31.6 Å².